The topological polar surface area (TPSA) is 53.6 Å². The van der Waals surface area contributed by atoms with Gasteiger partial charge < -0.3 is 16.0 Å². The van der Waals surface area contributed by atoms with Crippen LogP contribution in [0.25, 0.3) is 0 Å². The molecule has 1 fully saturated rings. The smallest absolute Gasteiger partial charge is 0.193 e. The first-order chi connectivity index (χ1) is 11.6. The predicted molar refractivity (Wildman–Crippen MR) is 103 cm³/mol. The molecule has 0 radical (unpaired) electrons. The summed E-state index contributed by atoms with van der Waals surface area (Å²) in [5.74, 6) is 0.984. The highest BCUT2D eigenvalue weighted by Gasteiger charge is 2.23. The Bertz CT molecular complexity index is 715. The Morgan fingerprint density at radius 3 is 2.88 bits per heavy atom. The zero-order chi connectivity index (χ0) is 16.9. The van der Waals surface area contributed by atoms with Gasteiger partial charge in [0.05, 0.1) is 0 Å². The van der Waals surface area contributed by atoms with Crippen molar-refractivity contribution >= 4 is 28.9 Å². The minimum absolute atomic E-state index is 0.471. The molecule has 3 N–H and O–H groups in total. The summed E-state index contributed by atoms with van der Waals surface area (Å²) in [6.45, 7) is 4.89. The van der Waals surface area contributed by atoms with Gasteiger partial charge in [0.25, 0.3) is 0 Å². The SMILES string of the molecule is Cc1ccc(Cl)cc1N1CCC(CN=C(N)Nc2ccccc2)C1. The third-order valence-corrected chi connectivity index (χ3v) is 4.60. The number of guanidine groups is 1. The third kappa shape index (κ3) is 4.20. The number of rotatable bonds is 4. The van der Waals surface area contributed by atoms with Crippen molar-refractivity contribution in [3.8, 4) is 0 Å². The quantitative estimate of drug-likeness (QED) is 0.654. The van der Waals surface area contributed by atoms with Crippen LogP contribution in [0.15, 0.2) is 53.5 Å². The number of nitrogens with two attached hydrogens (primary N) is 1. The monoisotopic (exact) mass is 342 g/mol. The zero-order valence-electron chi connectivity index (χ0n) is 13.9. The van der Waals surface area contributed by atoms with Crippen LogP contribution in [0, 0.1) is 12.8 Å². The predicted octanol–water partition coefficient (Wildman–Crippen LogP) is 3.90. The van der Waals surface area contributed by atoms with E-state index in [0.717, 1.165) is 36.8 Å². The van der Waals surface area contributed by atoms with Gasteiger partial charge in [-0.1, -0.05) is 35.9 Å². The fourth-order valence-electron chi connectivity index (χ4n) is 3.06. The lowest BCUT2D eigenvalue weighted by molar-refractivity contribution is 0.603. The van der Waals surface area contributed by atoms with Gasteiger partial charge in [-0.15, -0.1) is 0 Å². The minimum atomic E-state index is 0.471. The number of hydrogen-bond donors (Lipinski definition) is 2. The van der Waals surface area contributed by atoms with E-state index in [2.05, 4.69) is 28.2 Å². The average Bonchev–Trinajstić information content (AvgIpc) is 3.05. The molecule has 0 aromatic heterocycles. The Kier molecular flexibility index (Phi) is 5.26. The summed E-state index contributed by atoms with van der Waals surface area (Å²) in [4.78, 5) is 6.89. The van der Waals surface area contributed by atoms with Gasteiger partial charge in [0.1, 0.15) is 0 Å². The second-order valence-corrected chi connectivity index (χ2v) is 6.68. The van der Waals surface area contributed by atoms with Crippen molar-refractivity contribution in [2.45, 2.75) is 13.3 Å². The van der Waals surface area contributed by atoms with Crippen LogP contribution < -0.4 is 16.0 Å². The number of aliphatic imine (C=N–C) groups is 1. The Hall–Kier alpha value is -2.20. The highest BCUT2D eigenvalue weighted by Crippen LogP contribution is 2.29. The molecule has 24 heavy (non-hydrogen) atoms. The standard InChI is InChI=1S/C19H23ClN4/c1-14-7-8-16(20)11-18(14)24-10-9-15(13-24)12-22-19(21)23-17-5-3-2-4-6-17/h2-8,11,15H,9-10,12-13H2,1H3,(H3,21,22,23). The Balaban J connectivity index is 1.56. The number of benzene rings is 2. The molecule has 2 aromatic rings. The Labute approximate surface area is 148 Å². The zero-order valence-corrected chi connectivity index (χ0v) is 14.6. The van der Waals surface area contributed by atoms with Crippen molar-refractivity contribution in [2.75, 3.05) is 29.9 Å². The van der Waals surface area contributed by atoms with Crippen molar-refractivity contribution in [1.82, 2.24) is 0 Å². The van der Waals surface area contributed by atoms with E-state index in [-0.39, 0.29) is 0 Å². The molecule has 0 spiro atoms. The number of halogens is 1. The first kappa shape index (κ1) is 16.7. The molecule has 1 atom stereocenters. The second kappa shape index (κ2) is 7.58. The van der Waals surface area contributed by atoms with Crippen LogP contribution >= 0.6 is 11.6 Å². The van der Waals surface area contributed by atoms with E-state index in [4.69, 9.17) is 17.3 Å². The fraction of sp³-hybridized carbons (Fsp3) is 0.316. The summed E-state index contributed by atoms with van der Waals surface area (Å²) in [6.07, 6.45) is 1.12. The summed E-state index contributed by atoms with van der Waals surface area (Å²) in [7, 11) is 0. The Morgan fingerprint density at radius 2 is 2.08 bits per heavy atom. The Morgan fingerprint density at radius 1 is 1.29 bits per heavy atom. The van der Waals surface area contributed by atoms with E-state index in [1.807, 2.05) is 42.5 Å². The summed E-state index contributed by atoms with van der Waals surface area (Å²) < 4.78 is 0. The van der Waals surface area contributed by atoms with Crippen molar-refractivity contribution in [3.05, 3.63) is 59.1 Å². The first-order valence-electron chi connectivity index (χ1n) is 8.25. The molecule has 1 heterocycles. The number of aryl methyl sites for hydroxylation is 1. The van der Waals surface area contributed by atoms with Gasteiger partial charge in [0.2, 0.25) is 0 Å². The minimum Gasteiger partial charge on any atom is -0.371 e. The van der Waals surface area contributed by atoms with Gasteiger partial charge in [0, 0.05) is 36.0 Å². The number of anilines is 2. The molecule has 0 amide bonds. The normalized spacial score (nSPS) is 18.0. The molecule has 0 saturated carbocycles. The van der Waals surface area contributed by atoms with Crippen LogP contribution in [0.5, 0.6) is 0 Å². The lowest BCUT2D eigenvalue weighted by atomic mass is 10.1. The molecule has 1 saturated heterocycles. The highest BCUT2D eigenvalue weighted by atomic mass is 35.5. The maximum Gasteiger partial charge on any atom is 0.193 e. The summed E-state index contributed by atoms with van der Waals surface area (Å²) >= 11 is 6.14. The van der Waals surface area contributed by atoms with Crippen LogP contribution in [0.3, 0.4) is 0 Å². The average molecular weight is 343 g/mol. The summed E-state index contributed by atoms with van der Waals surface area (Å²) in [5.41, 5.74) is 9.43. The van der Waals surface area contributed by atoms with E-state index >= 15 is 0 Å². The van der Waals surface area contributed by atoms with E-state index in [1.54, 1.807) is 0 Å². The van der Waals surface area contributed by atoms with E-state index in [1.165, 1.54) is 11.3 Å². The van der Waals surface area contributed by atoms with Gasteiger partial charge in [-0.3, -0.25) is 4.99 Å². The van der Waals surface area contributed by atoms with Crippen LogP contribution in [0.2, 0.25) is 5.02 Å². The van der Waals surface area contributed by atoms with Gasteiger partial charge >= 0.3 is 0 Å². The van der Waals surface area contributed by atoms with E-state index in [0.29, 0.717) is 11.9 Å². The van der Waals surface area contributed by atoms with Gasteiger partial charge in [-0.05, 0) is 49.1 Å². The lowest BCUT2D eigenvalue weighted by Crippen LogP contribution is -2.25. The number of hydrogen-bond acceptors (Lipinski definition) is 2. The van der Waals surface area contributed by atoms with Crippen molar-refractivity contribution in [1.29, 1.82) is 0 Å². The molecule has 4 nitrogen and oxygen atoms in total. The van der Waals surface area contributed by atoms with Crippen LogP contribution in [-0.4, -0.2) is 25.6 Å². The molecule has 1 unspecified atom stereocenters. The van der Waals surface area contributed by atoms with E-state index in [9.17, 15) is 0 Å². The summed E-state index contributed by atoms with van der Waals surface area (Å²) in [5, 5.41) is 3.91. The molecule has 2 aromatic carbocycles. The number of nitrogens with one attached hydrogen (secondary N) is 1. The lowest BCUT2D eigenvalue weighted by Gasteiger charge is -2.21. The maximum absolute atomic E-state index is 6.14. The molecule has 1 aliphatic rings. The number of nitrogens with zero attached hydrogens (tertiary/aromatic N) is 2. The maximum atomic E-state index is 6.14. The van der Waals surface area contributed by atoms with Crippen molar-refractivity contribution in [3.63, 3.8) is 0 Å². The summed E-state index contributed by atoms with van der Waals surface area (Å²) in [6, 6.07) is 15.9. The van der Waals surface area contributed by atoms with Crippen molar-refractivity contribution < 1.29 is 0 Å². The van der Waals surface area contributed by atoms with Gasteiger partial charge in [-0.25, -0.2) is 0 Å². The van der Waals surface area contributed by atoms with Crippen molar-refractivity contribution in [2.24, 2.45) is 16.6 Å². The van der Waals surface area contributed by atoms with Crippen LogP contribution in [0.4, 0.5) is 11.4 Å². The number of para-hydroxylation sites is 1. The van der Waals surface area contributed by atoms with Crippen LogP contribution in [-0.2, 0) is 0 Å². The van der Waals surface area contributed by atoms with Crippen LogP contribution in [0.1, 0.15) is 12.0 Å². The molecule has 1 aliphatic heterocycles. The first-order valence-corrected chi connectivity index (χ1v) is 8.62. The molecule has 126 valence electrons. The molecule has 0 aliphatic carbocycles. The van der Waals surface area contributed by atoms with Gasteiger partial charge in [-0.2, -0.15) is 0 Å². The molecular formula is C19H23ClN4. The fourth-order valence-corrected chi connectivity index (χ4v) is 3.23. The highest BCUT2D eigenvalue weighted by molar-refractivity contribution is 6.30. The van der Waals surface area contributed by atoms with E-state index < -0.39 is 0 Å². The largest absolute Gasteiger partial charge is 0.371 e. The third-order valence-electron chi connectivity index (χ3n) is 4.36. The molecular weight excluding hydrogens is 320 g/mol. The molecule has 0 bridgehead atoms. The second-order valence-electron chi connectivity index (χ2n) is 6.25. The molecule has 5 heteroatoms. The molecule has 3 rings (SSSR count). The van der Waals surface area contributed by atoms with Gasteiger partial charge in [0.15, 0.2) is 5.96 Å².